The molecule has 150 valence electrons. The summed E-state index contributed by atoms with van der Waals surface area (Å²) in [7, 11) is 3.51. The van der Waals surface area contributed by atoms with Crippen LogP contribution in [-0.2, 0) is 7.05 Å². The minimum Gasteiger partial charge on any atom is -0.494 e. The van der Waals surface area contributed by atoms with Crippen molar-refractivity contribution in [2.45, 2.75) is 6.92 Å². The molecule has 4 aromatic heterocycles. The summed E-state index contributed by atoms with van der Waals surface area (Å²) in [6.07, 6.45) is 9.27. The minimum atomic E-state index is -0.329. The van der Waals surface area contributed by atoms with Crippen molar-refractivity contribution in [1.82, 2.24) is 29.2 Å². The van der Waals surface area contributed by atoms with Crippen molar-refractivity contribution >= 4 is 5.52 Å². The Bertz CT molecular complexity index is 1380. The molecule has 0 bridgehead atoms. The van der Waals surface area contributed by atoms with Crippen molar-refractivity contribution in [3.63, 3.8) is 0 Å². The van der Waals surface area contributed by atoms with Gasteiger partial charge in [0.25, 0.3) is 0 Å². The zero-order chi connectivity index (χ0) is 20.8. The van der Waals surface area contributed by atoms with Crippen LogP contribution in [0, 0.1) is 12.7 Å². The summed E-state index contributed by atoms with van der Waals surface area (Å²) in [5.74, 6) is 0.354. The predicted molar refractivity (Wildman–Crippen MR) is 111 cm³/mol. The number of methoxy groups -OCH3 is 1. The van der Waals surface area contributed by atoms with Crippen molar-refractivity contribution < 1.29 is 9.13 Å². The van der Waals surface area contributed by atoms with E-state index in [4.69, 9.17) is 4.74 Å². The Labute approximate surface area is 171 Å². The zero-order valence-electron chi connectivity index (χ0n) is 16.7. The number of pyridine rings is 1. The molecule has 0 unspecified atom stereocenters. The average Bonchev–Trinajstić information content (AvgIpc) is 3.45. The summed E-state index contributed by atoms with van der Waals surface area (Å²) in [6, 6.07) is 8.53. The largest absolute Gasteiger partial charge is 0.494 e. The number of hydrogen-bond acceptors (Lipinski definition) is 4. The molecule has 0 spiro atoms. The van der Waals surface area contributed by atoms with Crippen molar-refractivity contribution in [2.24, 2.45) is 7.05 Å². The fourth-order valence-corrected chi connectivity index (χ4v) is 3.65. The number of ether oxygens (including phenoxy) is 1. The second kappa shape index (κ2) is 6.84. The Hall–Kier alpha value is -3.94. The number of aromatic nitrogens is 6. The molecule has 7 nitrogen and oxygen atoms in total. The first kappa shape index (κ1) is 18.1. The van der Waals surface area contributed by atoms with Crippen LogP contribution in [-0.4, -0.2) is 36.3 Å². The number of aryl methyl sites for hydroxylation is 2. The summed E-state index contributed by atoms with van der Waals surface area (Å²) in [4.78, 5) is 0. The molecular formula is C22H19FN6O. The SMILES string of the molecule is COc1cc(-c2cnn(C)c2)cn2ncc(-c3cn(-c4ccccc4F)nc3C)c12. The number of nitrogens with zero attached hydrogens (tertiary/aromatic N) is 6. The van der Waals surface area contributed by atoms with Crippen LogP contribution >= 0.6 is 0 Å². The summed E-state index contributed by atoms with van der Waals surface area (Å²) >= 11 is 0. The lowest BCUT2D eigenvalue weighted by molar-refractivity contribution is 0.418. The molecule has 0 saturated carbocycles. The number of hydrogen-bond donors (Lipinski definition) is 0. The first-order valence-electron chi connectivity index (χ1n) is 9.41. The maximum atomic E-state index is 14.2. The van der Waals surface area contributed by atoms with E-state index in [1.54, 1.807) is 51.6 Å². The minimum absolute atomic E-state index is 0.329. The Morgan fingerprint density at radius 1 is 0.967 bits per heavy atom. The van der Waals surface area contributed by atoms with Gasteiger partial charge in [-0.3, -0.25) is 4.68 Å². The zero-order valence-corrected chi connectivity index (χ0v) is 16.7. The molecule has 0 fully saturated rings. The maximum absolute atomic E-state index is 14.2. The van der Waals surface area contributed by atoms with E-state index in [9.17, 15) is 4.39 Å². The molecule has 0 aliphatic heterocycles. The highest BCUT2D eigenvalue weighted by Gasteiger charge is 2.19. The molecular weight excluding hydrogens is 383 g/mol. The van der Waals surface area contributed by atoms with E-state index in [0.29, 0.717) is 11.4 Å². The van der Waals surface area contributed by atoms with Crippen LogP contribution in [0.5, 0.6) is 5.75 Å². The van der Waals surface area contributed by atoms with E-state index in [2.05, 4.69) is 15.3 Å². The molecule has 0 radical (unpaired) electrons. The highest BCUT2D eigenvalue weighted by Crippen LogP contribution is 2.36. The molecule has 0 amide bonds. The van der Waals surface area contributed by atoms with Gasteiger partial charge in [-0.15, -0.1) is 0 Å². The van der Waals surface area contributed by atoms with Gasteiger partial charge in [-0.1, -0.05) is 12.1 Å². The third-order valence-corrected chi connectivity index (χ3v) is 5.12. The van der Waals surface area contributed by atoms with Crippen LogP contribution in [0.1, 0.15) is 5.69 Å². The summed E-state index contributed by atoms with van der Waals surface area (Å²) in [5, 5.41) is 13.3. The lowest BCUT2D eigenvalue weighted by Crippen LogP contribution is -1.97. The standard InChI is InChI=1S/C22H19FN6O/c1-14-18(13-28(26-14)20-7-5-4-6-19(20)23)17-10-25-29-12-15(8-21(30-3)22(17)29)16-9-24-27(2)11-16/h4-13H,1-3H3. The van der Waals surface area contributed by atoms with Gasteiger partial charge in [-0.05, 0) is 25.1 Å². The van der Waals surface area contributed by atoms with Crippen molar-refractivity contribution in [2.75, 3.05) is 7.11 Å². The van der Waals surface area contributed by atoms with Crippen LogP contribution in [0.25, 0.3) is 33.5 Å². The second-order valence-electron chi connectivity index (χ2n) is 7.08. The van der Waals surface area contributed by atoms with E-state index >= 15 is 0 Å². The van der Waals surface area contributed by atoms with Gasteiger partial charge in [0.05, 0.1) is 25.2 Å². The fourth-order valence-electron chi connectivity index (χ4n) is 3.65. The first-order chi connectivity index (χ1) is 14.5. The smallest absolute Gasteiger partial charge is 0.148 e. The van der Waals surface area contributed by atoms with E-state index in [1.165, 1.54) is 6.07 Å². The lowest BCUT2D eigenvalue weighted by Gasteiger charge is -2.08. The van der Waals surface area contributed by atoms with E-state index in [-0.39, 0.29) is 5.82 Å². The maximum Gasteiger partial charge on any atom is 0.148 e. The molecule has 0 saturated heterocycles. The molecule has 30 heavy (non-hydrogen) atoms. The van der Waals surface area contributed by atoms with Gasteiger partial charge >= 0.3 is 0 Å². The number of para-hydroxylation sites is 1. The van der Waals surface area contributed by atoms with Gasteiger partial charge in [-0.2, -0.15) is 15.3 Å². The van der Waals surface area contributed by atoms with Crippen molar-refractivity contribution in [3.05, 3.63) is 72.8 Å². The van der Waals surface area contributed by atoms with Crippen molar-refractivity contribution in [1.29, 1.82) is 0 Å². The van der Waals surface area contributed by atoms with Crippen LogP contribution in [0.3, 0.4) is 0 Å². The van der Waals surface area contributed by atoms with E-state index < -0.39 is 0 Å². The molecule has 5 aromatic rings. The fraction of sp³-hybridized carbons (Fsp3) is 0.136. The molecule has 5 rings (SSSR count). The topological polar surface area (TPSA) is 62.2 Å². The summed E-state index contributed by atoms with van der Waals surface area (Å²) in [5.41, 5.74) is 5.63. The summed E-state index contributed by atoms with van der Waals surface area (Å²) in [6.45, 7) is 1.90. The Morgan fingerprint density at radius 2 is 1.80 bits per heavy atom. The number of halogens is 1. The average molecular weight is 402 g/mol. The van der Waals surface area contributed by atoms with Gasteiger partial charge in [-0.25, -0.2) is 13.6 Å². The normalized spacial score (nSPS) is 11.3. The molecule has 8 heteroatoms. The van der Waals surface area contributed by atoms with E-state index in [0.717, 1.165) is 33.5 Å². The van der Waals surface area contributed by atoms with Crippen LogP contribution in [0.15, 0.2) is 61.3 Å². The van der Waals surface area contributed by atoms with E-state index in [1.807, 2.05) is 38.6 Å². The second-order valence-corrected chi connectivity index (χ2v) is 7.08. The first-order valence-corrected chi connectivity index (χ1v) is 9.41. The number of rotatable bonds is 4. The molecule has 4 heterocycles. The summed E-state index contributed by atoms with van der Waals surface area (Å²) < 4.78 is 25.0. The monoisotopic (exact) mass is 402 g/mol. The van der Waals surface area contributed by atoms with Gasteiger partial charge in [0.15, 0.2) is 0 Å². The molecule has 0 aliphatic carbocycles. The Morgan fingerprint density at radius 3 is 2.53 bits per heavy atom. The van der Waals surface area contributed by atoms with Crippen LogP contribution in [0.2, 0.25) is 0 Å². The highest BCUT2D eigenvalue weighted by atomic mass is 19.1. The molecule has 0 aliphatic rings. The molecule has 0 N–H and O–H groups in total. The predicted octanol–water partition coefficient (Wildman–Crippen LogP) is 4.04. The van der Waals surface area contributed by atoms with Crippen molar-refractivity contribution in [3.8, 4) is 33.7 Å². The number of fused-ring (bicyclic) bond motifs is 1. The number of benzene rings is 1. The Balaban J connectivity index is 1.66. The van der Waals surface area contributed by atoms with Gasteiger partial charge < -0.3 is 4.74 Å². The lowest BCUT2D eigenvalue weighted by atomic mass is 10.1. The van der Waals surface area contributed by atoms with Crippen LogP contribution < -0.4 is 4.74 Å². The van der Waals surface area contributed by atoms with Gasteiger partial charge in [0, 0.05) is 47.9 Å². The van der Waals surface area contributed by atoms with Gasteiger partial charge in [0.1, 0.15) is 22.8 Å². The van der Waals surface area contributed by atoms with Crippen LogP contribution in [0.4, 0.5) is 4.39 Å². The third-order valence-electron chi connectivity index (χ3n) is 5.12. The quantitative estimate of drug-likeness (QED) is 0.455. The third kappa shape index (κ3) is 2.85. The van der Waals surface area contributed by atoms with Gasteiger partial charge in [0.2, 0.25) is 0 Å². The highest BCUT2D eigenvalue weighted by molar-refractivity contribution is 5.87. The molecule has 0 atom stereocenters. The molecule has 1 aromatic carbocycles. The Kier molecular flexibility index (Phi) is 4.13.